The molecule has 0 saturated heterocycles. The first-order valence-electron chi connectivity index (χ1n) is 9.29. The summed E-state index contributed by atoms with van der Waals surface area (Å²) in [6.45, 7) is 0.392. The van der Waals surface area contributed by atoms with Crippen LogP contribution < -0.4 is 11.1 Å². The quantitative estimate of drug-likeness (QED) is 0.210. The molecular weight excluding hydrogens is 450 g/mol. The Bertz CT molecular complexity index is 630. The van der Waals surface area contributed by atoms with Crippen molar-refractivity contribution in [2.24, 2.45) is 0 Å². The van der Waals surface area contributed by atoms with E-state index in [4.69, 9.17) is 32.3 Å². The normalized spacial score (nSPS) is 12.3. The monoisotopic (exact) mass is 483 g/mol. The molecule has 12 nitrogen and oxygen atoms in total. The summed E-state index contributed by atoms with van der Waals surface area (Å²) < 4.78 is 33.3. The van der Waals surface area contributed by atoms with E-state index in [2.05, 4.69) is 15.4 Å². The van der Waals surface area contributed by atoms with Gasteiger partial charge in [-0.15, -0.1) is 9.78 Å². The van der Waals surface area contributed by atoms with Crippen LogP contribution in [0.15, 0.2) is 5.16 Å². The van der Waals surface area contributed by atoms with Gasteiger partial charge in [-0.1, -0.05) is 11.8 Å². The average Bonchev–Trinajstić information content (AvgIpc) is 3.15. The van der Waals surface area contributed by atoms with Crippen LogP contribution in [0, 0.1) is 0 Å². The number of nitrogens with one attached hydrogen (secondary N) is 1. The fourth-order valence-electron chi connectivity index (χ4n) is 2.65. The molecule has 0 atom stereocenters. The molecule has 0 radical (unpaired) electrons. The Hall–Kier alpha value is -1.05. The van der Waals surface area contributed by atoms with Crippen molar-refractivity contribution >= 4 is 41.4 Å². The smallest absolute Gasteiger partial charge is 0.377 e. The largest absolute Gasteiger partial charge is 0.500 e. The molecule has 1 aromatic heterocycles. The third-order valence-corrected chi connectivity index (χ3v) is 11.1. The predicted molar refractivity (Wildman–Crippen MR) is 116 cm³/mol. The Labute approximate surface area is 183 Å². The van der Waals surface area contributed by atoms with Crippen molar-refractivity contribution in [1.29, 1.82) is 0 Å². The van der Waals surface area contributed by atoms with Crippen molar-refractivity contribution in [1.82, 2.24) is 20.1 Å². The van der Waals surface area contributed by atoms with E-state index in [1.807, 2.05) is 0 Å². The van der Waals surface area contributed by atoms with Crippen LogP contribution in [0.2, 0.25) is 12.1 Å². The maximum Gasteiger partial charge on any atom is 0.500 e. The number of carbonyl (C=O) groups excluding carboxylic acids is 1. The number of nitrogens with zero attached hydrogens (tertiary/aromatic N) is 3. The van der Waals surface area contributed by atoms with Gasteiger partial charge in [-0.2, -0.15) is 4.98 Å². The van der Waals surface area contributed by atoms with E-state index in [0.29, 0.717) is 36.0 Å². The average molecular weight is 484 g/mol. The van der Waals surface area contributed by atoms with Gasteiger partial charge in [-0.25, -0.2) is 4.79 Å². The van der Waals surface area contributed by atoms with Crippen LogP contribution in [0.4, 0.5) is 10.7 Å². The standard InChI is InChI=1S/C15H33N5O7SSi2/c1-22-29(23-2,24-3)11-7-9-17-15(21)20-13(16)18-14(19-20)28-10-8-12-30(25-4,26-5)27-6/h7-12H2,1-6H3,(H,17,21)(H2,16,18,19). The van der Waals surface area contributed by atoms with E-state index in [-0.39, 0.29) is 5.95 Å². The number of aromatic nitrogens is 3. The minimum atomic E-state index is -2.65. The molecule has 3 N–H and O–H groups in total. The highest BCUT2D eigenvalue weighted by atomic mass is 32.2. The van der Waals surface area contributed by atoms with Gasteiger partial charge >= 0.3 is 23.6 Å². The lowest BCUT2D eigenvalue weighted by Gasteiger charge is -2.24. The third kappa shape index (κ3) is 7.58. The fourth-order valence-corrected chi connectivity index (χ4v) is 7.12. The number of carbonyl (C=O) groups is 1. The van der Waals surface area contributed by atoms with Gasteiger partial charge in [0.05, 0.1) is 0 Å². The summed E-state index contributed by atoms with van der Waals surface area (Å²) in [5.41, 5.74) is 5.83. The topological polar surface area (TPSA) is 141 Å². The van der Waals surface area contributed by atoms with Crippen molar-refractivity contribution in [3.63, 3.8) is 0 Å². The highest BCUT2D eigenvalue weighted by molar-refractivity contribution is 7.99. The molecular formula is C15H33N5O7SSi2. The lowest BCUT2D eigenvalue weighted by molar-refractivity contribution is 0.122. The first-order valence-corrected chi connectivity index (χ1v) is 14.1. The number of amides is 1. The summed E-state index contributed by atoms with van der Waals surface area (Å²) in [5.74, 6) is 0.729. The molecule has 1 rings (SSSR count). The molecule has 0 unspecified atom stereocenters. The number of rotatable bonds is 15. The van der Waals surface area contributed by atoms with Gasteiger partial charge in [0.1, 0.15) is 0 Å². The van der Waals surface area contributed by atoms with Crippen molar-refractivity contribution in [2.45, 2.75) is 30.1 Å². The molecule has 0 spiro atoms. The molecule has 0 fully saturated rings. The summed E-state index contributed by atoms with van der Waals surface area (Å²) in [5, 5.41) is 7.34. The maximum absolute atomic E-state index is 12.3. The van der Waals surface area contributed by atoms with Gasteiger partial charge in [0.2, 0.25) is 11.1 Å². The van der Waals surface area contributed by atoms with E-state index in [1.165, 1.54) is 11.8 Å². The van der Waals surface area contributed by atoms with Gasteiger partial charge in [0.25, 0.3) is 0 Å². The maximum atomic E-state index is 12.3. The van der Waals surface area contributed by atoms with E-state index in [9.17, 15) is 4.79 Å². The molecule has 0 aliphatic carbocycles. The minimum Gasteiger partial charge on any atom is -0.377 e. The molecule has 1 heterocycles. The van der Waals surface area contributed by atoms with Gasteiger partial charge in [-0.05, 0) is 12.8 Å². The molecule has 0 aromatic carbocycles. The summed E-state index contributed by atoms with van der Waals surface area (Å²) in [6.07, 6.45) is 1.39. The van der Waals surface area contributed by atoms with Crippen molar-refractivity contribution in [2.75, 3.05) is 60.7 Å². The SMILES string of the molecule is CO[Si](CCCNC(=O)n1nc(SCCC[Si](OC)(OC)OC)nc1N)(OC)OC. The number of nitrogen functional groups attached to an aromatic ring is 1. The number of hydrogen-bond acceptors (Lipinski definition) is 11. The Kier molecular flexibility index (Phi) is 12.0. The van der Waals surface area contributed by atoms with Crippen LogP contribution in [0.25, 0.3) is 0 Å². The van der Waals surface area contributed by atoms with E-state index >= 15 is 0 Å². The molecule has 0 saturated carbocycles. The molecule has 30 heavy (non-hydrogen) atoms. The number of thioether (sulfide) groups is 1. The zero-order chi connectivity index (χ0) is 22.6. The van der Waals surface area contributed by atoms with Crippen molar-refractivity contribution in [3.8, 4) is 0 Å². The van der Waals surface area contributed by atoms with Crippen LogP contribution in [0.5, 0.6) is 0 Å². The fraction of sp³-hybridized carbons (Fsp3) is 0.800. The van der Waals surface area contributed by atoms with Crippen molar-refractivity contribution in [3.05, 3.63) is 0 Å². The second-order valence-corrected chi connectivity index (χ2v) is 13.3. The van der Waals surface area contributed by atoms with E-state index < -0.39 is 23.6 Å². The molecule has 1 aromatic rings. The lowest BCUT2D eigenvalue weighted by atomic mass is 10.5. The molecule has 0 aliphatic heterocycles. The Morgan fingerprint density at radius 2 is 1.47 bits per heavy atom. The van der Waals surface area contributed by atoms with Gasteiger partial charge in [0.15, 0.2) is 0 Å². The summed E-state index contributed by atoms with van der Waals surface area (Å²) in [4.78, 5) is 16.5. The first-order chi connectivity index (χ1) is 14.3. The van der Waals surface area contributed by atoms with Gasteiger partial charge in [0, 0.05) is 67.0 Å². The van der Waals surface area contributed by atoms with Gasteiger partial charge < -0.3 is 37.6 Å². The number of hydrogen-bond donors (Lipinski definition) is 2. The molecule has 174 valence electrons. The Morgan fingerprint density at radius 3 is 1.97 bits per heavy atom. The van der Waals surface area contributed by atoms with Crippen LogP contribution in [0.1, 0.15) is 12.8 Å². The molecule has 0 bridgehead atoms. The minimum absolute atomic E-state index is 0.0267. The van der Waals surface area contributed by atoms with Crippen LogP contribution in [-0.4, -0.2) is 93.4 Å². The van der Waals surface area contributed by atoms with Crippen LogP contribution in [-0.2, 0) is 26.6 Å². The zero-order valence-electron chi connectivity index (χ0n) is 18.4. The van der Waals surface area contributed by atoms with Crippen LogP contribution in [0.3, 0.4) is 0 Å². The van der Waals surface area contributed by atoms with Gasteiger partial charge in [-0.3, -0.25) is 0 Å². The van der Waals surface area contributed by atoms with Crippen molar-refractivity contribution < 1.29 is 31.4 Å². The number of nitrogens with two attached hydrogens (primary N) is 1. The lowest BCUT2D eigenvalue weighted by Crippen LogP contribution is -2.43. The predicted octanol–water partition coefficient (Wildman–Crippen LogP) is 1.05. The summed E-state index contributed by atoms with van der Waals surface area (Å²) in [6, 6.07) is 0.783. The molecule has 0 aliphatic rings. The summed E-state index contributed by atoms with van der Waals surface area (Å²) in [7, 11) is 4.15. The molecule has 1 amide bonds. The Balaban J connectivity index is 2.47. The van der Waals surface area contributed by atoms with Crippen LogP contribution >= 0.6 is 11.8 Å². The third-order valence-electron chi connectivity index (χ3n) is 4.47. The highest BCUT2D eigenvalue weighted by Crippen LogP contribution is 2.21. The van der Waals surface area contributed by atoms with E-state index in [0.717, 1.165) is 11.1 Å². The molecule has 15 heteroatoms. The van der Waals surface area contributed by atoms with E-state index in [1.54, 1.807) is 42.7 Å². The number of anilines is 1. The highest BCUT2D eigenvalue weighted by Gasteiger charge is 2.37. The second kappa shape index (κ2) is 13.4. The Morgan fingerprint density at radius 1 is 0.967 bits per heavy atom. The zero-order valence-corrected chi connectivity index (χ0v) is 21.2. The summed E-state index contributed by atoms with van der Waals surface area (Å²) >= 11 is 1.39. The second-order valence-electron chi connectivity index (χ2n) is 6.04. The first kappa shape index (κ1) is 27.0.